The molecule has 0 saturated heterocycles. The molecule has 0 aliphatic carbocycles. The first kappa shape index (κ1) is 13.8. The van der Waals surface area contributed by atoms with Gasteiger partial charge < -0.3 is 5.73 Å². The monoisotopic (exact) mass is 323 g/mol. The average Bonchev–Trinajstić information content (AvgIpc) is 2.40. The predicted octanol–water partition coefficient (Wildman–Crippen LogP) is 0.780. The number of benzene rings is 1. The number of nitrogens with two attached hydrogens (primary N) is 1. The van der Waals surface area contributed by atoms with Crippen molar-refractivity contribution in [2.75, 3.05) is 6.54 Å². The van der Waals surface area contributed by atoms with Crippen molar-refractivity contribution in [1.82, 2.24) is 9.13 Å². The first-order valence-corrected chi connectivity index (χ1v) is 6.66. The van der Waals surface area contributed by atoms with Crippen LogP contribution in [0.25, 0.3) is 0 Å². The minimum absolute atomic E-state index is 0.235. The highest BCUT2D eigenvalue weighted by molar-refractivity contribution is 9.10. The van der Waals surface area contributed by atoms with Crippen LogP contribution in [0.2, 0.25) is 0 Å². The highest BCUT2D eigenvalue weighted by Crippen LogP contribution is 2.10. The smallest absolute Gasteiger partial charge is 0.329 e. The molecule has 0 bridgehead atoms. The topological polar surface area (TPSA) is 70.0 Å². The molecule has 2 N–H and O–H groups in total. The Balaban J connectivity index is 2.36. The summed E-state index contributed by atoms with van der Waals surface area (Å²) in [7, 11) is 0. The Morgan fingerprint density at radius 3 is 2.42 bits per heavy atom. The maximum absolute atomic E-state index is 12.1. The van der Waals surface area contributed by atoms with Gasteiger partial charge in [0.1, 0.15) is 0 Å². The molecular weight excluding hydrogens is 310 g/mol. The van der Waals surface area contributed by atoms with Gasteiger partial charge in [-0.25, -0.2) is 4.79 Å². The maximum Gasteiger partial charge on any atom is 0.331 e. The van der Waals surface area contributed by atoms with Gasteiger partial charge in [0.15, 0.2) is 0 Å². The van der Waals surface area contributed by atoms with Gasteiger partial charge in [-0.3, -0.25) is 13.9 Å². The molecule has 5 nitrogen and oxygen atoms in total. The molecule has 100 valence electrons. The Bertz CT molecular complexity index is 674. The third-order valence-electron chi connectivity index (χ3n) is 2.76. The van der Waals surface area contributed by atoms with E-state index in [1.54, 1.807) is 0 Å². The van der Waals surface area contributed by atoms with Gasteiger partial charge in [-0.15, -0.1) is 0 Å². The standard InChI is InChI=1S/C13H14BrN3O2/c14-11-3-1-10(2-4-11)9-16-7-5-12(18)17(8-6-15)13(16)19/h1-5,7H,6,8-9,15H2. The van der Waals surface area contributed by atoms with Crippen molar-refractivity contribution in [2.45, 2.75) is 13.1 Å². The molecular formula is C13H14BrN3O2. The van der Waals surface area contributed by atoms with E-state index in [0.29, 0.717) is 6.54 Å². The average molecular weight is 324 g/mol. The fourth-order valence-electron chi connectivity index (χ4n) is 1.80. The summed E-state index contributed by atoms with van der Waals surface area (Å²) in [4.78, 5) is 23.7. The van der Waals surface area contributed by atoms with Crippen LogP contribution in [0.3, 0.4) is 0 Å². The molecule has 0 unspecified atom stereocenters. The van der Waals surface area contributed by atoms with E-state index in [-0.39, 0.29) is 24.3 Å². The molecule has 1 aromatic heterocycles. The van der Waals surface area contributed by atoms with Crippen molar-refractivity contribution in [2.24, 2.45) is 5.73 Å². The lowest BCUT2D eigenvalue weighted by Crippen LogP contribution is -2.40. The third-order valence-corrected chi connectivity index (χ3v) is 3.29. The molecule has 19 heavy (non-hydrogen) atoms. The van der Waals surface area contributed by atoms with Gasteiger partial charge in [0.05, 0.1) is 6.54 Å². The summed E-state index contributed by atoms with van der Waals surface area (Å²) in [6, 6.07) is 9.06. The van der Waals surface area contributed by atoms with Crippen molar-refractivity contribution in [3.63, 3.8) is 0 Å². The number of hydrogen-bond donors (Lipinski definition) is 1. The number of aromatic nitrogens is 2. The van der Waals surface area contributed by atoms with Crippen LogP contribution in [0, 0.1) is 0 Å². The Kier molecular flexibility index (Phi) is 4.34. The second-order valence-electron chi connectivity index (χ2n) is 4.13. The Morgan fingerprint density at radius 2 is 1.79 bits per heavy atom. The molecule has 0 atom stereocenters. The summed E-state index contributed by atoms with van der Waals surface area (Å²) in [6.45, 7) is 0.924. The summed E-state index contributed by atoms with van der Waals surface area (Å²) in [5.41, 5.74) is 5.74. The number of hydrogen-bond acceptors (Lipinski definition) is 3. The second-order valence-corrected chi connectivity index (χ2v) is 5.05. The molecule has 2 aromatic rings. The van der Waals surface area contributed by atoms with E-state index in [1.165, 1.54) is 16.8 Å². The maximum atomic E-state index is 12.1. The summed E-state index contributed by atoms with van der Waals surface area (Å²) < 4.78 is 3.63. The Labute approximate surface area is 118 Å². The molecule has 1 aromatic carbocycles. The highest BCUT2D eigenvalue weighted by Gasteiger charge is 2.04. The van der Waals surface area contributed by atoms with Crippen LogP contribution in [-0.2, 0) is 13.1 Å². The van der Waals surface area contributed by atoms with Crippen LogP contribution < -0.4 is 17.0 Å². The SMILES string of the molecule is NCCn1c(=O)ccn(Cc2ccc(Br)cc2)c1=O. The highest BCUT2D eigenvalue weighted by atomic mass is 79.9. The third kappa shape index (κ3) is 3.21. The zero-order valence-corrected chi connectivity index (χ0v) is 11.8. The molecule has 0 aliphatic heterocycles. The second kappa shape index (κ2) is 5.99. The van der Waals surface area contributed by atoms with E-state index in [2.05, 4.69) is 15.9 Å². The molecule has 0 saturated carbocycles. The zero-order chi connectivity index (χ0) is 13.8. The molecule has 0 spiro atoms. The predicted molar refractivity (Wildman–Crippen MR) is 77.3 cm³/mol. The minimum Gasteiger partial charge on any atom is -0.329 e. The van der Waals surface area contributed by atoms with Crippen LogP contribution in [0.1, 0.15) is 5.56 Å². The largest absolute Gasteiger partial charge is 0.331 e. The number of nitrogens with zero attached hydrogens (tertiary/aromatic N) is 2. The summed E-state index contributed by atoms with van der Waals surface area (Å²) in [5.74, 6) is 0. The van der Waals surface area contributed by atoms with Gasteiger partial charge in [0.2, 0.25) is 0 Å². The number of rotatable bonds is 4. The molecule has 1 heterocycles. The zero-order valence-electron chi connectivity index (χ0n) is 10.3. The van der Waals surface area contributed by atoms with Gasteiger partial charge in [-0.2, -0.15) is 0 Å². The Hall–Kier alpha value is -1.66. The fourth-order valence-corrected chi connectivity index (χ4v) is 2.06. The summed E-state index contributed by atoms with van der Waals surface area (Å²) in [6.07, 6.45) is 1.51. The molecule has 0 aliphatic rings. The van der Waals surface area contributed by atoms with E-state index in [4.69, 9.17) is 5.73 Å². The van der Waals surface area contributed by atoms with Crippen molar-refractivity contribution >= 4 is 15.9 Å². The quantitative estimate of drug-likeness (QED) is 0.903. The first-order valence-electron chi connectivity index (χ1n) is 5.86. The molecule has 6 heteroatoms. The normalized spacial score (nSPS) is 10.6. The summed E-state index contributed by atoms with van der Waals surface area (Å²) in [5, 5.41) is 0. The molecule has 0 radical (unpaired) electrons. The van der Waals surface area contributed by atoms with Gasteiger partial charge in [-0.05, 0) is 17.7 Å². The van der Waals surface area contributed by atoms with Crippen molar-refractivity contribution in [3.05, 3.63) is 67.4 Å². The van der Waals surface area contributed by atoms with E-state index in [0.717, 1.165) is 14.6 Å². The van der Waals surface area contributed by atoms with Gasteiger partial charge in [0.25, 0.3) is 5.56 Å². The Morgan fingerprint density at radius 1 is 1.11 bits per heavy atom. The van der Waals surface area contributed by atoms with Gasteiger partial charge in [-0.1, -0.05) is 28.1 Å². The minimum atomic E-state index is -0.333. The van der Waals surface area contributed by atoms with Crippen molar-refractivity contribution in [1.29, 1.82) is 0 Å². The van der Waals surface area contributed by atoms with E-state index in [9.17, 15) is 9.59 Å². The first-order chi connectivity index (χ1) is 9.11. The lowest BCUT2D eigenvalue weighted by atomic mass is 10.2. The van der Waals surface area contributed by atoms with E-state index >= 15 is 0 Å². The van der Waals surface area contributed by atoms with Crippen LogP contribution >= 0.6 is 15.9 Å². The fraction of sp³-hybridized carbons (Fsp3) is 0.231. The van der Waals surface area contributed by atoms with Gasteiger partial charge in [0, 0.05) is 29.8 Å². The van der Waals surface area contributed by atoms with Crippen molar-refractivity contribution < 1.29 is 0 Å². The lowest BCUT2D eigenvalue weighted by Gasteiger charge is -2.09. The number of halogens is 1. The molecule has 2 rings (SSSR count). The van der Waals surface area contributed by atoms with Crippen LogP contribution in [0.4, 0.5) is 0 Å². The lowest BCUT2D eigenvalue weighted by molar-refractivity contribution is 0.579. The van der Waals surface area contributed by atoms with Crippen LogP contribution in [-0.4, -0.2) is 15.7 Å². The van der Waals surface area contributed by atoms with E-state index < -0.39 is 0 Å². The van der Waals surface area contributed by atoms with Crippen LogP contribution in [0.5, 0.6) is 0 Å². The van der Waals surface area contributed by atoms with E-state index in [1.807, 2.05) is 24.3 Å². The molecule has 0 fully saturated rings. The van der Waals surface area contributed by atoms with Crippen molar-refractivity contribution in [3.8, 4) is 0 Å². The summed E-state index contributed by atoms with van der Waals surface area (Å²) >= 11 is 3.36. The van der Waals surface area contributed by atoms with Crippen LogP contribution in [0.15, 0.2) is 50.6 Å². The van der Waals surface area contributed by atoms with Gasteiger partial charge >= 0.3 is 5.69 Å². The molecule has 0 amide bonds.